The van der Waals surface area contributed by atoms with E-state index >= 15 is 0 Å². The number of thiazole rings is 1. The van der Waals surface area contributed by atoms with Crippen LogP contribution in [0.2, 0.25) is 0 Å². The van der Waals surface area contributed by atoms with Gasteiger partial charge in [-0.25, -0.2) is 9.37 Å². The first-order valence-corrected chi connectivity index (χ1v) is 9.62. The molecule has 0 spiro atoms. The molecule has 0 aliphatic rings. The smallest absolute Gasteiger partial charge is 0.263 e. The molecule has 0 unspecified atom stereocenters. The Bertz CT molecular complexity index is 956. The Labute approximate surface area is 166 Å². The molecular weight excluding hydrogens is 377 g/mol. The first-order valence-electron chi connectivity index (χ1n) is 8.81. The van der Waals surface area contributed by atoms with Crippen molar-refractivity contribution >= 4 is 23.2 Å². The van der Waals surface area contributed by atoms with Crippen molar-refractivity contribution in [3.8, 4) is 0 Å². The highest BCUT2D eigenvalue weighted by molar-refractivity contribution is 7.13. The average Bonchev–Trinajstić information content (AvgIpc) is 3.06. The minimum atomic E-state index is -0.316. The number of nitrogens with one attached hydrogen (secondary N) is 2. The summed E-state index contributed by atoms with van der Waals surface area (Å²) in [5.41, 5.74) is 2.41. The van der Waals surface area contributed by atoms with Gasteiger partial charge in [0.2, 0.25) is 5.91 Å². The van der Waals surface area contributed by atoms with Gasteiger partial charge in [-0.2, -0.15) is 0 Å². The molecule has 7 heteroatoms. The van der Waals surface area contributed by atoms with Crippen LogP contribution >= 0.6 is 11.3 Å². The second-order valence-electron chi connectivity index (χ2n) is 6.27. The SMILES string of the molecule is Cc1nc(CC(=O)NCc2ccccc2)sc1C(=O)NCc1ccc(F)cc1. The van der Waals surface area contributed by atoms with Gasteiger partial charge >= 0.3 is 0 Å². The predicted molar refractivity (Wildman–Crippen MR) is 106 cm³/mol. The molecule has 144 valence electrons. The molecule has 0 saturated heterocycles. The Morgan fingerprint density at radius 2 is 1.61 bits per heavy atom. The summed E-state index contributed by atoms with van der Waals surface area (Å²) in [6.45, 7) is 2.49. The lowest BCUT2D eigenvalue weighted by atomic mass is 10.2. The molecule has 0 aliphatic heterocycles. The van der Waals surface area contributed by atoms with Gasteiger partial charge in [0.05, 0.1) is 12.1 Å². The topological polar surface area (TPSA) is 71.1 Å². The number of aromatic nitrogens is 1. The maximum Gasteiger partial charge on any atom is 0.263 e. The summed E-state index contributed by atoms with van der Waals surface area (Å²) in [7, 11) is 0. The van der Waals surface area contributed by atoms with Crippen LogP contribution in [0.4, 0.5) is 4.39 Å². The fourth-order valence-electron chi connectivity index (χ4n) is 2.60. The number of aryl methyl sites for hydroxylation is 1. The molecule has 5 nitrogen and oxygen atoms in total. The number of hydrogen-bond donors (Lipinski definition) is 2. The van der Waals surface area contributed by atoms with Crippen molar-refractivity contribution < 1.29 is 14.0 Å². The van der Waals surface area contributed by atoms with Crippen molar-refractivity contribution in [3.05, 3.63) is 87.1 Å². The Morgan fingerprint density at radius 1 is 0.964 bits per heavy atom. The molecule has 0 atom stereocenters. The molecule has 0 saturated carbocycles. The lowest BCUT2D eigenvalue weighted by Crippen LogP contribution is -2.24. The van der Waals surface area contributed by atoms with E-state index in [1.54, 1.807) is 19.1 Å². The third kappa shape index (κ3) is 5.47. The van der Waals surface area contributed by atoms with Crippen LogP contribution < -0.4 is 10.6 Å². The van der Waals surface area contributed by atoms with Crippen LogP contribution in [-0.2, 0) is 24.3 Å². The Hall–Kier alpha value is -3.06. The molecule has 3 rings (SSSR count). The highest BCUT2D eigenvalue weighted by Crippen LogP contribution is 2.19. The molecule has 0 fully saturated rings. The summed E-state index contributed by atoms with van der Waals surface area (Å²) < 4.78 is 12.9. The van der Waals surface area contributed by atoms with Gasteiger partial charge in [0.15, 0.2) is 0 Å². The van der Waals surface area contributed by atoms with Crippen LogP contribution in [0.25, 0.3) is 0 Å². The summed E-state index contributed by atoms with van der Waals surface area (Å²) in [6.07, 6.45) is 0.129. The van der Waals surface area contributed by atoms with E-state index in [4.69, 9.17) is 0 Å². The first kappa shape index (κ1) is 19.7. The second-order valence-corrected chi connectivity index (χ2v) is 7.35. The van der Waals surface area contributed by atoms with Crippen LogP contribution in [0.3, 0.4) is 0 Å². The van der Waals surface area contributed by atoms with E-state index in [0.717, 1.165) is 11.1 Å². The van der Waals surface area contributed by atoms with E-state index in [1.165, 1.54) is 23.5 Å². The Balaban J connectivity index is 1.53. The van der Waals surface area contributed by atoms with E-state index in [-0.39, 0.29) is 24.1 Å². The maximum atomic E-state index is 12.9. The van der Waals surface area contributed by atoms with Crippen molar-refractivity contribution in [1.29, 1.82) is 0 Å². The molecular formula is C21H20FN3O2S. The zero-order valence-electron chi connectivity index (χ0n) is 15.4. The average molecular weight is 397 g/mol. The fraction of sp³-hybridized carbons (Fsp3) is 0.190. The maximum absolute atomic E-state index is 12.9. The van der Waals surface area contributed by atoms with Crippen molar-refractivity contribution in [2.24, 2.45) is 0 Å². The molecule has 2 amide bonds. The van der Waals surface area contributed by atoms with Crippen LogP contribution in [0, 0.1) is 12.7 Å². The summed E-state index contributed by atoms with van der Waals surface area (Å²) in [6, 6.07) is 15.6. The minimum Gasteiger partial charge on any atom is -0.352 e. The van der Waals surface area contributed by atoms with Gasteiger partial charge in [-0.1, -0.05) is 42.5 Å². The van der Waals surface area contributed by atoms with Gasteiger partial charge in [0.25, 0.3) is 5.91 Å². The van der Waals surface area contributed by atoms with Crippen molar-refractivity contribution in [2.75, 3.05) is 0 Å². The van der Waals surface area contributed by atoms with Crippen LogP contribution in [0.1, 0.15) is 31.5 Å². The second kappa shape index (κ2) is 9.23. The molecule has 0 radical (unpaired) electrons. The molecule has 0 aliphatic carbocycles. The largest absolute Gasteiger partial charge is 0.352 e. The molecule has 0 bridgehead atoms. The summed E-state index contributed by atoms with van der Waals surface area (Å²) in [5, 5.41) is 6.24. The normalized spacial score (nSPS) is 10.5. The van der Waals surface area contributed by atoms with Crippen molar-refractivity contribution in [2.45, 2.75) is 26.4 Å². The Kier molecular flexibility index (Phi) is 6.49. The van der Waals surface area contributed by atoms with Crippen molar-refractivity contribution in [1.82, 2.24) is 15.6 Å². The quantitative estimate of drug-likeness (QED) is 0.642. The fourth-order valence-corrected chi connectivity index (χ4v) is 3.58. The third-order valence-electron chi connectivity index (χ3n) is 4.06. The predicted octanol–water partition coefficient (Wildman–Crippen LogP) is 3.38. The molecule has 28 heavy (non-hydrogen) atoms. The molecule has 2 N–H and O–H groups in total. The van der Waals surface area contributed by atoms with Gasteiger partial charge in [-0.15, -0.1) is 11.3 Å². The van der Waals surface area contributed by atoms with Gasteiger partial charge in [0.1, 0.15) is 15.7 Å². The zero-order chi connectivity index (χ0) is 19.9. The number of amides is 2. The first-order chi connectivity index (χ1) is 13.5. The van der Waals surface area contributed by atoms with Crippen LogP contribution in [-0.4, -0.2) is 16.8 Å². The van der Waals surface area contributed by atoms with Crippen LogP contribution in [0.5, 0.6) is 0 Å². The standard InChI is InChI=1S/C21H20FN3O2S/c1-14-20(21(27)24-13-16-7-9-17(22)10-8-16)28-19(25-14)11-18(26)23-12-15-5-3-2-4-6-15/h2-10H,11-13H2,1H3,(H,23,26)(H,24,27). The molecule has 2 aromatic carbocycles. The number of halogens is 1. The summed E-state index contributed by atoms with van der Waals surface area (Å²) in [5.74, 6) is -0.713. The highest BCUT2D eigenvalue weighted by Gasteiger charge is 2.17. The summed E-state index contributed by atoms with van der Waals surface area (Å²) >= 11 is 1.21. The number of carbonyl (C=O) groups is 2. The number of rotatable bonds is 7. The third-order valence-corrected chi connectivity index (χ3v) is 5.21. The van der Waals surface area contributed by atoms with Crippen molar-refractivity contribution in [3.63, 3.8) is 0 Å². The van der Waals surface area contributed by atoms with E-state index < -0.39 is 0 Å². The molecule has 1 heterocycles. The van der Waals surface area contributed by atoms with Gasteiger partial charge < -0.3 is 10.6 Å². The number of nitrogens with zero attached hydrogens (tertiary/aromatic N) is 1. The molecule has 1 aromatic heterocycles. The lowest BCUT2D eigenvalue weighted by Gasteiger charge is -2.04. The highest BCUT2D eigenvalue weighted by atomic mass is 32.1. The minimum absolute atomic E-state index is 0.129. The number of carbonyl (C=O) groups excluding carboxylic acids is 2. The van der Waals surface area contributed by atoms with E-state index in [0.29, 0.717) is 28.7 Å². The van der Waals surface area contributed by atoms with E-state index in [9.17, 15) is 14.0 Å². The zero-order valence-corrected chi connectivity index (χ0v) is 16.2. The van der Waals surface area contributed by atoms with Crippen LogP contribution in [0.15, 0.2) is 54.6 Å². The van der Waals surface area contributed by atoms with Gasteiger partial charge in [-0.3, -0.25) is 9.59 Å². The van der Waals surface area contributed by atoms with E-state index in [1.807, 2.05) is 30.3 Å². The Morgan fingerprint density at radius 3 is 2.32 bits per heavy atom. The van der Waals surface area contributed by atoms with Gasteiger partial charge in [0, 0.05) is 13.1 Å². The van der Waals surface area contributed by atoms with Gasteiger partial charge in [-0.05, 0) is 30.2 Å². The van der Waals surface area contributed by atoms with E-state index in [2.05, 4.69) is 15.6 Å². The summed E-state index contributed by atoms with van der Waals surface area (Å²) in [4.78, 5) is 29.4. The number of hydrogen-bond acceptors (Lipinski definition) is 4. The number of benzene rings is 2. The lowest BCUT2D eigenvalue weighted by molar-refractivity contribution is -0.120. The molecule has 3 aromatic rings. The monoisotopic (exact) mass is 397 g/mol.